The summed E-state index contributed by atoms with van der Waals surface area (Å²) in [5.74, 6) is -1.17. The summed E-state index contributed by atoms with van der Waals surface area (Å²) in [5, 5.41) is 5.59. The van der Waals surface area contributed by atoms with E-state index in [1.807, 2.05) is 0 Å². The van der Waals surface area contributed by atoms with Crippen molar-refractivity contribution < 1.29 is 23.9 Å². The van der Waals surface area contributed by atoms with Crippen molar-refractivity contribution in [1.29, 1.82) is 0 Å². The van der Waals surface area contributed by atoms with Gasteiger partial charge in [-0.3, -0.25) is 9.59 Å². The largest absolute Gasteiger partial charge is 0.467 e. The Balaban J connectivity index is 2.67. The third-order valence-corrected chi connectivity index (χ3v) is 3.05. The number of rotatable bonds is 5. The van der Waals surface area contributed by atoms with Gasteiger partial charge < -0.3 is 25.0 Å². The van der Waals surface area contributed by atoms with Crippen molar-refractivity contribution in [2.75, 3.05) is 40.5 Å². The molecular formula is C12H21N3O5. The molecule has 2 atom stereocenters. The Morgan fingerprint density at radius 2 is 2.10 bits per heavy atom. The Hall–Kier alpha value is -1.67. The van der Waals surface area contributed by atoms with Gasteiger partial charge in [0.25, 0.3) is 0 Å². The van der Waals surface area contributed by atoms with Crippen molar-refractivity contribution in [3.05, 3.63) is 0 Å². The number of ether oxygens (including phenoxy) is 2. The fourth-order valence-electron chi connectivity index (χ4n) is 1.99. The van der Waals surface area contributed by atoms with Gasteiger partial charge in [-0.1, -0.05) is 0 Å². The Bertz CT molecular complexity index is 374. The Morgan fingerprint density at radius 1 is 1.40 bits per heavy atom. The second-order valence-electron chi connectivity index (χ2n) is 4.49. The summed E-state index contributed by atoms with van der Waals surface area (Å²) >= 11 is 0. The van der Waals surface area contributed by atoms with Crippen molar-refractivity contribution in [2.45, 2.75) is 19.0 Å². The number of nitrogens with one attached hydrogen (secondary N) is 2. The monoisotopic (exact) mass is 287 g/mol. The third-order valence-electron chi connectivity index (χ3n) is 3.05. The van der Waals surface area contributed by atoms with Crippen LogP contribution in [0.4, 0.5) is 0 Å². The molecule has 0 bridgehead atoms. The van der Waals surface area contributed by atoms with E-state index < -0.39 is 18.1 Å². The molecule has 0 aromatic carbocycles. The maximum Gasteiger partial charge on any atom is 0.328 e. The van der Waals surface area contributed by atoms with Crippen LogP contribution in [0.25, 0.3) is 0 Å². The van der Waals surface area contributed by atoms with Crippen LogP contribution in [0.3, 0.4) is 0 Å². The minimum atomic E-state index is -0.756. The molecule has 0 spiro atoms. The number of nitrogens with zero attached hydrogens (tertiary/aromatic N) is 1. The topological polar surface area (TPSA) is 97.0 Å². The molecule has 0 radical (unpaired) electrons. The molecule has 0 aromatic heterocycles. The Labute approximate surface area is 117 Å². The fourth-order valence-corrected chi connectivity index (χ4v) is 1.99. The summed E-state index contributed by atoms with van der Waals surface area (Å²) in [4.78, 5) is 36.8. The van der Waals surface area contributed by atoms with E-state index in [1.165, 1.54) is 26.0 Å². The zero-order chi connectivity index (χ0) is 15.1. The van der Waals surface area contributed by atoms with E-state index in [0.29, 0.717) is 19.6 Å². The van der Waals surface area contributed by atoms with Gasteiger partial charge in [0, 0.05) is 26.7 Å². The number of methoxy groups -OCH3 is 2. The van der Waals surface area contributed by atoms with Gasteiger partial charge in [0.05, 0.1) is 7.11 Å². The number of hydrogen-bond donors (Lipinski definition) is 2. The normalized spacial score (nSPS) is 20.1. The van der Waals surface area contributed by atoms with Crippen molar-refractivity contribution in [3.8, 4) is 0 Å². The Morgan fingerprint density at radius 3 is 2.70 bits per heavy atom. The molecule has 8 nitrogen and oxygen atoms in total. The zero-order valence-electron chi connectivity index (χ0n) is 12.0. The molecule has 1 rings (SSSR count). The van der Waals surface area contributed by atoms with Crippen LogP contribution >= 0.6 is 0 Å². The lowest BCUT2D eigenvalue weighted by atomic mass is 10.1. The van der Waals surface area contributed by atoms with E-state index >= 15 is 0 Å². The molecule has 0 saturated carbocycles. The van der Waals surface area contributed by atoms with Gasteiger partial charge in [-0.25, -0.2) is 4.79 Å². The van der Waals surface area contributed by atoms with Gasteiger partial charge in [0.15, 0.2) is 0 Å². The lowest BCUT2D eigenvalue weighted by molar-refractivity contribution is -0.147. The lowest BCUT2D eigenvalue weighted by Gasteiger charge is -2.35. The molecule has 0 unspecified atom stereocenters. The van der Waals surface area contributed by atoms with Crippen LogP contribution in [0.15, 0.2) is 0 Å². The second-order valence-corrected chi connectivity index (χ2v) is 4.49. The molecule has 0 aliphatic carbocycles. The predicted octanol–water partition coefficient (Wildman–Crippen LogP) is -1.89. The van der Waals surface area contributed by atoms with E-state index in [9.17, 15) is 14.4 Å². The van der Waals surface area contributed by atoms with Gasteiger partial charge in [0.1, 0.15) is 18.7 Å². The number of piperazine rings is 1. The molecular weight excluding hydrogens is 266 g/mol. The molecule has 1 fully saturated rings. The molecule has 0 aromatic rings. The molecule has 1 heterocycles. The highest BCUT2D eigenvalue weighted by atomic mass is 16.5. The molecule has 2 amide bonds. The molecule has 8 heteroatoms. The highest BCUT2D eigenvalue weighted by molar-refractivity contribution is 5.91. The quantitative estimate of drug-likeness (QED) is 0.574. The average molecular weight is 287 g/mol. The zero-order valence-corrected chi connectivity index (χ0v) is 12.0. The molecule has 2 N–H and O–H groups in total. The van der Waals surface area contributed by atoms with E-state index in [0.717, 1.165) is 0 Å². The predicted molar refractivity (Wildman–Crippen MR) is 69.9 cm³/mol. The second kappa shape index (κ2) is 7.81. The van der Waals surface area contributed by atoms with Gasteiger partial charge >= 0.3 is 5.97 Å². The average Bonchev–Trinajstić information content (AvgIpc) is 2.46. The van der Waals surface area contributed by atoms with Gasteiger partial charge in [-0.2, -0.15) is 0 Å². The van der Waals surface area contributed by atoms with Crippen LogP contribution in [0.2, 0.25) is 0 Å². The maximum absolute atomic E-state index is 12.2. The summed E-state index contributed by atoms with van der Waals surface area (Å²) in [6.07, 6.45) is 0. The first kappa shape index (κ1) is 16.4. The first-order valence-corrected chi connectivity index (χ1v) is 6.38. The number of esters is 1. The first-order valence-electron chi connectivity index (χ1n) is 6.38. The summed E-state index contributed by atoms with van der Waals surface area (Å²) in [6.45, 7) is 2.84. The van der Waals surface area contributed by atoms with Gasteiger partial charge in [0.2, 0.25) is 11.8 Å². The third kappa shape index (κ3) is 4.17. The standard InChI is InChI=1S/C12H21N3O5/c1-8(12(18)20-3)14-11(17)9-6-13-4-5-15(9)10(16)7-19-2/h8-9,13H,4-7H2,1-3H3,(H,14,17)/t8-,9+/m1/s1. The molecule has 20 heavy (non-hydrogen) atoms. The summed E-state index contributed by atoms with van der Waals surface area (Å²) in [6, 6.07) is -1.41. The number of hydrogen-bond acceptors (Lipinski definition) is 6. The van der Waals surface area contributed by atoms with Crippen molar-refractivity contribution in [1.82, 2.24) is 15.5 Å². The highest BCUT2D eigenvalue weighted by Gasteiger charge is 2.33. The van der Waals surface area contributed by atoms with Crippen molar-refractivity contribution in [3.63, 3.8) is 0 Å². The van der Waals surface area contributed by atoms with Crippen molar-refractivity contribution >= 4 is 17.8 Å². The minimum absolute atomic E-state index is 0.0731. The van der Waals surface area contributed by atoms with E-state index in [2.05, 4.69) is 15.4 Å². The summed E-state index contributed by atoms with van der Waals surface area (Å²) < 4.78 is 9.35. The SMILES string of the molecule is COCC(=O)N1CCNC[C@H]1C(=O)N[C@H](C)C(=O)OC. The smallest absolute Gasteiger partial charge is 0.328 e. The van der Waals surface area contributed by atoms with Crippen LogP contribution in [-0.4, -0.2) is 75.2 Å². The molecule has 1 aliphatic rings. The summed E-state index contributed by atoms with van der Waals surface area (Å²) in [7, 11) is 2.68. The highest BCUT2D eigenvalue weighted by Crippen LogP contribution is 2.05. The van der Waals surface area contributed by atoms with Crippen LogP contribution in [0.5, 0.6) is 0 Å². The van der Waals surface area contributed by atoms with Gasteiger partial charge in [-0.05, 0) is 6.92 Å². The van der Waals surface area contributed by atoms with Crippen LogP contribution < -0.4 is 10.6 Å². The van der Waals surface area contributed by atoms with E-state index in [4.69, 9.17) is 4.74 Å². The molecule has 114 valence electrons. The van der Waals surface area contributed by atoms with E-state index in [1.54, 1.807) is 0 Å². The summed E-state index contributed by atoms with van der Waals surface area (Å²) in [5.41, 5.74) is 0. The molecule has 1 saturated heterocycles. The lowest BCUT2D eigenvalue weighted by Crippen LogP contribution is -2.61. The number of carbonyl (C=O) groups excluding carboxylic acids is 3. The number of carbonyl (C=O) groups is 3. The van der Waals surface area contributed by atoms with Crippen LogP contribution in [0.1, 0.15) is 6.92 Å². The molecule has 1 aliphatic heterocycles. The maximum atomic E-state index is 12.2. The fraction of sp³-hybridized carbons (Fsp3) is 0.750. The van der Waals surface area contributed by atoms with Crippen LogP contribution in [0, 0.1) is 0 Å². The Kier molecular flexibility index (Phi) is 6.40. The first-order chi connectivity index (χ1) is 9.51. The number of amides is 2. The van der Waals surface area contributed by atoms with Gasteiger partial charge in [-0.15, -0.1) is 0 Å². The van der Waals surface area contributed by atoms with Crippen molar-refractivity contribution in [2.24, 2.45) is 0 Å². The van der Waals surface area contributed by atoms with E-state index in [-0.39, 0.29) is 18.4 Å². The van der Waals surface area contributed by atoms with Crippen LogP contribution in [-0.2, 0) is 23.9 Å². The minimum Gasteiger partial charge on any atom is -0.467 e.